The number of Topliss-reactive ketones (excluding diaryl/α,β-unsaturated/α-hetero) is 1. The van der Waals surface area contributed by atoms with Crippen LogP contribution in [0.2, 0.25) is 0 Å². The van der Waals surface area contributed by atoms with Gasteiger partial charge in [-0.05, 0) is 26.2 Å². The fourth-order valence-electron chi connectivity index (χ4n) is 1.87. The minimum absolute atomic E-state index is 0.0846. The number of halogens is 3. The molecule has 1 nitrogen and oxygen atoms in total. The minimum Gasteiger partial charge on any atom is -0.299 e. The van der Waals surface area contributed by atoms with Crippen molar-refractivity contribution >= 4 is 5.78 Å². The Morgan fingerprint density at radius 3 is 1.94 bits per heavy atom. The summed E-state index contributed by atoms with van der Waals surface area (Å²) in [7, 11) is 0. The topological polar surface area (TPSA) is 17.1 Å². The second-order valence-electron chi connectivity index (χ2n) is 4.69. The van der Waals surface area contributed by atoms with E-state index in [1.165, 1.54) is 6.92 Å². The second-order valence-corrected chi connectivity index (χ2v) is 4.69. The molecule has 0 N–H and O–H groups in total. The van der Waals surface area contributed by atoms with E-state index < -0.39 is 18.0 Å². The highest BCUT2D eigenvalue weighted by Crippen LogP contribution is 2.32. The predicted octanol–water partition coefficient (Wildman–Crippen LogP) is 4.50. The molecular formula is C12H21F3O. The number of carbonyl (C=O) groups is 1. The van der Waals surface area contributed by atoms with Gasteiger partial charge in [0.2, 0.25) is 0 Å². The molecule has 0 aliphatic heterocycles. The number of hydrogen-bond acceptors (Lipinski definition) is 1. The molecule has 0 radical (unpaired) electrons. The zero-order valence-corrected chi connectivity index (χ0v) is 10.3. The lowest BCUT2D eigenvalue weighted by Gasteiger charge is -2.26. The second kappa shape index (κ2) is 6.26. The van der Waals surface area contributed by atoms with Gasteiger partial charge in [0.25, 0.3) is 0 Å². The van der Waals surface area contributed by atoms with Gasteiger partial charge in [-0.1, -0.05) is 26.7 Å². The summed E-state index contributed by atoms with van der Waals surface area (Å²) in [5, 5.41) is 0. The lowest BCUT2D eigenvalue weighted by molar-refractivity contribution is -0.136. The first-order valence-corrected chi connectivity index (χ1v) is 5.79. The third kappa shape index (κ3) is 6.13. The van der Waals surface area contributed by atoms with Crippen LogP contribution < -0.4 is 0 Å². The summed E-state index contributed by atoms with van der Waals surface area (Å²) in [5.74, 6) is 0.0846. The fraction of sp³-hybridized carbons (Fsp3) is 0.917. The molecule has 0 aromatic heterocycles. The van der Waals surface area contributed by atoms with Crippen LogP contribution in [-0.2, 0) is 4.79 Å². The van der Waals surface area contributed by atoms with Crippen molar-refractivity contribution in [1.29, 1.82) is 0 Å². The average Bonchev–Trinajstić information content (AvgIpc) is 2.11. The molecule has 0 amide bonds. The van der Waals surface area contributed by atoms with E-state index in [-0.39, 0.29) is 12.2 Å². The van der Waals surface area contributed by atoms with Crippen molar-refractivity contribution in [3.05, 3.63) is 0 Å². The Morgan fingerprint density at radius 2 is 1.56 bits per heavy atom. The van der Waals surface area contributed by atoms with E-state index in [4.69, 9.17) is 0 Å². The lowest BCUT2D eigenvalue weighted by atomic mass is 9.77. The Balaban J connectivity index is 4.00. The highest BCUT2D eigenvalue weighted by molar-refractivity contribution is 5.81. The molecule has 0 bridgehead atoms. The number of carbonyl (C=O) groups excluding carboxylic acids is 1. The summed E-state index contributed by atoms with van der Waals surface area (Å²) in [6.45, 7) is 5.36. The van der Waals surface area contributed by atoms with Gasteiger partial charge < -0.3 is 0 Å². The zero-order valence-electron chi connectivity index (χ0n) is 10.3. The molecular weight excluding hydrogens is 217 g/mol. The van der Waals surface area contributed by atoms with Gasteiger partial charge in [-0.3, -0.25) is 4.79 Å². The first-order valence-electron chi connectivity index (χ1n) is 5.79. The number of alkyl halides is 3. The van der Waals surface area contributed by atoms with Crippen molar-refractivity contribution in [2.45, 2.75) is 65.5 Å². The number of ketones is 1. The maximum Gasteiger partial charge on any atom is 0.389 e. The van der Waals surface area contributed by atoms with Gasteiger partial charge in [0, 0.05) is 11.8 Å². The average molecular weight is 238 g/mol. The Hall–Kier alpha value is -0.540. The molecule has 0 rings (SSSR count). The summed E-state index contributed by atoms with van der Waals surface area (Å²) in [5.41, 5.74) is -0.430. The number of rotatable bonds is 7. The molecule has 1 unspecified atom stereocenters. The quantitative estimate of drug-likeness (QED) is 0.596. The van der Waals surface area contributed by atoms with Gasteiger partial charge in [0.05, 0.1) is 0 Å². The fourth-order valence-corrected chi connectivity index (χ4v) is 1.87. The van der Waals surface area contributed by atoms with Gasteiger partial charge in [-0.15, -0.1) is 0 Å². The maximum atomic E-state index is 11.9. The lowest BCUT2D eigenvalue weighted by Crippen LogP contribution is -2.25. The molecule has 0 aliphatic rings. The Kier molecular flexibility index (Phi) is 6.05. The van der Waals surface area contributed by atoms with Gasteiger partial charge in [0.1, 0.15) is 5.78 Å². The van der Waals surface area contributed by atoms with Crippen LogP contribution in [-0.4, -0.2) is 12.0 Å². The maximum absolute atomic E-state index is 11.9. The van der Waals surface area contributed by atoms with E-state index >= 15 is 0 Å². The monoisotopic (exact) mass is 238 g/mol. The van der Waals surface area contributed by atoms with E-state index in [1.807, 2.05) is 13.8 Å². The van der Waals surface area contributed by atoms with E-state index in [9.17, 15) is 18.0 Å². The Bertz CT molecular complexity index is 223. The van der Waals surface area contributed by atoms with Crippen molar-refractivity contribution in [2.24, 2.45) is 5.41 Å². The van der Waals surface area contributed by atoms with Crippen molar-refractivity contribution in [2.75, 3.05) is 0 Å². The van der Waals surface area contributed by atoms with Crippen molar-refractivity contribution in [3.8, 4) is 0 Å². The minimum atomic E-state index is -4.07. The van der Waals surface area contributed by atoms with E-state index in [2.05, 4.69) is 0 Å². The van der Waals surface area contributed by atoms with E-state index in [0.29, 0.717) is 12.8 Å². The van der Waals surface area contributed by atoms with Crippen molar-refractivity contribution in [1.82, 2.24) is 0 Å². The molecule has 0 aromatic carbocycles. The molecule has 96 valence electrons. The third-order valence-electron chi connectivity index (χ3n) is 3.09. The first-order chi connectivity index (χ1) is 7.21. The standard InChI is InChI=1S/C12H21F3O/c1-4-7-11(3,10(2)16)8-5-6-9-12(13,14)15/h4-9H2,1-3H3. The third-order valence-corrected chi connectivity index (χ3v) is 3.09. The largest absolute Gasteiger partial charge is 0.389 e. The predicted molar refractivity (Wildman–Crippen MR) is 58.2 cm³/mol. The highest BCUT2D eigenvalue weighted by atomic mass is 19.4. The van der Waals surface area contributed by atoms with Gasteiger partial charge in [-0.2, -0.15) is 13.2 Å². The summed E-state index contributed by atoms with van der Waals surface area (Å²) in [4.78, 5) is 11.4. The van der Waals surface area contributed by atoms with Crippen LogP contribution in [0.5, 0.6) is 0 Å². The smallest absolute Gasteiger partial charge is 0.299 e. The van der Waals surface area contributed by atoms with Crippen LogP contribution in [0.1, 0.15) is 59.3 Å². The van der Waals surface area contributed by atoms with Crippen LogP contribution >= 0.6 is 0 Å². The van der Waals surface area contributed by atoms with Crippen LogP contribution in [0.3, 0.4) is 0 Å². The molecule has 0 saturated heterocycles. The molecule has 0 spiro atoms. The van der Waals surface area contributed by atoms with Crippen LogP contribution in [0.15, 0.2) is 0 Å². The van der Waals surface area contributed by atoms with E-state index in [1.54, 1.807) is 0 Å². The van der Waals surface area contributed by atoms with Gasteiger partial charge in [0.15, 0.2) is 0 Å². The summed E-state index contributed by atoms with van der Waals surface area (Å²) in [6, 6.07) is 0. The molecule has 0 aromatic rings. The molecule has 0 aliphatic carbocycles. The Labute approximate surface area is 95.4 Å². The zero-order chi connectivity index (χ0) is 12.8. The molecule has 0 heterocycles. The van der Waals surface area contributed by atoms with E-state index in [0.717, 1.165) is 12.8 Å². The molecule has 16 heavy (non-hydrogen) atoms. The van der Waals surface area contributed by atoms with Crippen molar-refractivity contribution in [3.63, 3.8) is 0 Å². The van der Waals surface area contributed by atoms with Gasteiger partial charge >= 0.3 is 6.18 Å². The summed E-state index contributed by atoms with van der Waals surface area (Å²) >= 11 is 0. The molecule has 0 fully saturated rings. The van der Waals surface area contributed by atoms with Crippen molar-refractivity contribution < 1.29 is 18.0 Å². The Morgan fingerprint density at radius 1 is 1.06 bits per heavy atom. The van der Waals surface area contributed by atoms with Gasteiger partial charge in [-0.25, -0.2) is 0 Å². The summed E-state index contributed by atoms with van der Waals surface area (Å²) in [6.07, 6.45) is -2.02. The molecule has 0 saturated carbocycles. The number of unbranched alkanes of at least 4 members (excludes halogenated alkanes) is 1. The first kappa shape index (κ1) is 15.5. The number of hydrogen-bond donors (Lipinski definition) is 0. The highest BCUT2D eigenvalue weighted by Gasteiger charge is 2.30. The van der Waals surface area contributed by atoms with Crippen LogP contribution in [0.4, 0.5) is 13.2 Å². The van der Waals surface area contributed by atoms with Crippen LogP contribution in [0.25, 0.3) is 0 Å². The summed E-state index contributed by atoms with van der Waals surface area (Å²) < 4.78 is 35.7. The SMILES string of the molecule is CCCC(C)(CCCCC(F)(F)F)C(C)=O. The normalized spacial score (nSPS) is 15.9. The molecule has 1 atom stereocenters. The molecule has 4 heteroatoms. The van der Waals surface area contributed by atoms with Crippen LogP contribution in [0, 0.1) is 5.41 Å².